The molecule has 4 aromatic rings. The third kappa shape index (κ3) is 8.70. The van der Waals surface area contributed by atoms with Crippen LogP contribution >= 0.6 is 11.8 Å². The van der Waals surface area contributed by atoms with Gasteiger partial charge in [-0.2, -0.15) is 0 Å². The minimum absolute atomic E-state index is 0.0226. The second kappa shape index (κ2) is 15.7. The van der Waals surface area contributed by atoms with Crippen molar-refractivity contribution in [3.8, 4) is 0 Å². The van der Waals surface area contributed by atoms with Crippen molar-refractivity contribution in [3.63, 3.8) is 0 Å². The molecule has 0 aliphatic carbocycles. The van der Waals surface area contributed by atoms with Gasteiger partial charge in [-0.25, -0.2) is 14.6 Å². The number of benzene rings is 3. The van der Waals surface area contributed by atoms with E-state index in [0.29, 0.717) is 17.9 Å². The van der Waals surface area contributed by atoms with E-state index in [2.05, 4.69) is 22.5 Å². The molecule has 1 aliphatic rings. The first-order valence-corrected chi connectivity index (χ1v) is 15.8. The highest BCUT2D eigenvalue weighted by atomic mass is 32.2. The van der Waals surface area contributed by atoms with Crippen LogP contribution in [0.4, 0.5) is 10.5 Å². The number of pyridine rings is 1. The Morgan fingerprint density at radius 3 is 2.29 bits per heavy atom. The molecule has 10 heteroatoms. The van der Waals surface area contributed by atoms with Crippen LogP contribution in [0.5, 0.6) is 0 Å². The molecule has 2 heterocycles. The molecular formula is C35H37N3O6S. The molecule has 0 radical (unpaired) electrons. The molecule has 3 N–H and O–H groups in total. The van der Waals surface area contributed by atoms with E-state index in [0.717, 1.165) is 27.3 Å². The summed E-state index contributed by atoms with van der Waals surface area (Å²) in [4.78, 5) is 29.6. The summed E-state index contributed by atoms with van der Waals surface area (Å²) >= 11 is 1.64. The molecule has 3 aromatic carbocycles. The van der Waals surface area contributed by atoms with Gasteiger partial charge in [-0.15, -0.1) is 11.8 Å². The lowest BCUT2D eigenvalue weighted by Crippen LogP contribution is -2.45. The first kappa shape index (κ1) is 32.2. The third-order valence-corrected chi connectivity index (χ3v) is 8.70. The van der Waals surface area contributed by atoms with Crippen LogP contribution in [0.25, 0.3) is 0 Å². The first-order chi connectivity index (χ1) is 21.9. The number of ether oxygens (including phenoxy) is 3. The van der Waals surface area contributed by atoms with Crippen LogP contribution in [0.1, 0.15) is 41.6 Å². The highest BCUT2D eigenvalue weighted by Gasteiger charge is 2.38. The standard InChI is InChI=1S/C35H37N3O6S/c1-23-30(22-45-31-10-6-7-19-36-31)43-34(44-32(23)26-13-11-25(21-39)12-14-26)27-15-17-28(18-16-27)37-35(41)38-29(33(40)42-2)20-24-8-4-3-5-9-24/h3-19,23,29-30,32,34,39H,20-22H2,1-2H3,(H2,37,38,41)/t23-,29+,30+,32+,34+/m1/s1. The number of amides is 2. The Hall–Kier alpha value is -4.22. The monoisotopic (exact) mass is 627 g/mol. The number of aliphatic hydroxyl groups is 1. The van der Waals surface area contributed by atoms with Crippen LogP contribution in [0.3, 0.4) is 0 Å². The van der Waals surface area contributed by atoms with E-state index < -0.39 is 24.3 Å². The fraction of sp³-hybridized carbons (Fsp3) is 0.286. The number of aliphatic hydroxyl groups excluding tert-OH is 1. The number of carbonyl (C=O) groups is 2. The molecule has 1 aliphatic heterocycles. The average molecular weight is 628 g/mol. The zero-order chi connectivity index (χ0) is 31.6. The van der Waals surface area contributed by atoms with Crippen molar-refractivity contribution >= 4 is 29.4 Å². The molecule has 0 spiro atoms. The molecular weight excluding hydrogens is 590 g/mol. The molecule has 0 unspecified atom stereocenters. The summed E-state index contributed by atoms with van der Waals surface area (Å²) in [6, 6.07) is 28.9. The van der Waals surface area contributed by atoms with E-state index in [-0.39, 0.29) is 24.7 Å². The summed E-state index contributed by atoms with van der Waals surface area (Å²) in [6.45, 7) is 2.10. The van der Waals surface area contributed by atoms with Gasteiger partial charge in [0.1, 0.15) is 6.04 Å². The lowest BCUT2D eigenvalue weighted by molar-refractivity contribution is -0.268. The molecule has 0 saturated carbocycles. The Kier molecular flexibility index (Phi) is 11.2. The first-order valence-electron chi connectivity index (χ1n) is 14.8. The zero-order valence-corrected chi connectivity index (χ0v) is 26.0. The van der Waals surface area contributed by atoms with Gasteiger partial charge in [0, 0.05) is 35.5 Å². The van der Waals surface area contributed by atoms with Gasteiger partial charge in [-0.1, -0.05) is 79.7 Å². The number of methoxy groups -OCH3 is 1. The van der Waals surface area contributed by atoms with Crippen molar-refractivity contribution in [2.45, 2.75) is 49.5 Å². The predicted molar refractivity (Wildman–Crippen MR) is 172 cm³/mol. The lowest BCUT2D eigenvalue weighted by Gasteiger charge is -2.41. The highest BCUT2D eigenvalue weighted by Crippen LogP contribution is 2.43. The van der Waals surface area contributed by atoms with E-state index in [1.54, 1.807) is 30.1 Å². The summed E-state index contributed by atoms with van der Waals surface area (Å²) in [5.74, 6) is 0.204. The number of nitrogens with one attached hydrogen (secondary N) is 2. The molecule has 1 fully saturated rings. The maximum atomic E-state index is 12.8. The molecule has 5 atom stereocenters. The van der Waals surface area contributed by atoms with Crippen LogP contribution in [0.2, 0.25) is 0 Å². The van der Waals surface area contributed by atoms with E-state index in [1.165, 1.54) is 7.11 Å². The third-order valence-electron chi connectivity index (χ3n) is 7.67. The Balaban J connectivity index is 1.27. The normalized spacial score (nSPS) is 20.2. The van der Waals surface area contributed by atoms with E-state index in [4.69, 9.17) is 14.2 Å². The lowest BCUT2D eigenvalue weighted by atomic mass is 9.91. The number of rotatable bonds is 11. The van der Waals surface area contributed by atoms with E-state index >= 15 is 0 Å². The van der Waals surface area contributed by atoms with Gasteiger partial charge >= 0.3 is 12.0 Å². The number of thioether (sulfide) groups is 1. The zero-order valence-electron chi connectivity index (χ0n) is 25.2. The number of aromatic nitrogens is 1. The van der Waals surface area contributed by atoms with Crippen molar-refractivity contribution in [2.24, 2.45) is 5.92 Å². The van der Waals surface area contributed by atoms with Gasteiger partial charge in [0.05, 0.1) is 31.0 Å². The maximum absolute atomic E-state index is 12.8. The maximum Gasteiger partial charge on any atom is 0.328 e. The van der Waals surface area contributed by atoms with Gasteiger partial charge in [-0.3, -0.25) is 0 Å². The molecule has 45 heavy (non-hydrogen) atoms. The summed E-state index contributed by atoms with van der Waals surface area (Å²) in [6.07, 6.45) is 1.06. The highest BCUT2D eigenvalue weighted by molar-refractivity contribution is 7.99. The number of hydrogen-bond acceptors (Lipinski definition) is 8. The van der Waals surface area contributed by atoms with Crippen molar-refractivity contribution < 1.29 is 28.9 Å². The second-order valence-electron chi connectivity index (χ2n) is 10.8. The smallest absolute Gasteiger partial charge is 0.328 e. The topological polar surface area (TPSA) is 119 Å². The van der Waals surface area contributed by atoms with Gasteiger partial charge in [-0.05, 0) is 41.0 Å². The van der Waals surface area contributed by atoms with Gasteiger partial charge < -0.3 is 30.0 Å². The van der Waals surface area contributed by atoms with Gasteiger partial charge in [0.25, 0.3) is 0 Å². The van der Waals surface area contributed by atoms with Crippen LogP contribution < -0.4 is 10.6 Å². The second-order valence-corrected chi connectivity index (χ2v) is 11.8. The average Bonchev–Trinajstić information content (AvgIpc) is 3.08. The molecule has 1 aromatic heterocycles. The number of urea groups is 1. The molecule has 1 saturated heterocycles. The predicted octanol–water partition coefficient (Wildman–Crippen LogP) is 6.06. The van der Waals surface area contributed by atoms with Crippen molar-refractivity contribution in [1.82, 2.24) is 10.3 Å². The minimum Gasteiger partial charge on any atom is -0.467 e. The number of nitrogens with zero attached hydrogens (tertiary/aromatic N) is 1. The van der Waals surface area contributed by atoms with Crippen LogP contribution in [-0.4, -0.2) is 47.1 Å². The van der Waals surface area contributed by atoms with Crippen molar-refractivity contribution in [1.29, 1.82) is 0 Å². The molecule has 9 nitrogen and oxygen atoms in total. The van der Waals surface area contributed by atoms with E-state index in [9.17, 15) is 14.7 Å². The molecule has 5 rings (SSSR count). The Morgan fingerprint density at radius 2 is 1.62 bits per heavy atom. The van der Waals surface area contributed by atoms with Crippen molar-refractivity contribution in [3.05, 3.63) is 126 Å². The molecule has 0 bridgehead atoms. The summed E-state index contributed by atoms with van der Waals surface area (Å²) in [5.41, 5.74) is 4.09. The fourth-order valence-corrected chi connectivity index (χ4v) is 6.17. The number of hydrogen-bond donors (Lipinski definition) is 3. The van der Waals surface area contributed by atoms with Crippen molar-refractivity contribution in [2.75, 3.05) is 18.2 Å². The minimum atomic E-state index is -0.841. The Labute approximate surface area is 267 Å². The summed E-state index contributed by atoms with van der Waals surface area (Å²) < 4.78 is 17.9. The Morgan fingerprint density at radius 1 is 0.911 bits per heavy atom. The SMILES string of the molecule is COC(=O)[C@H](Cc1ccccc1)NC(=O)Nc1ccc([C@H]2O[C@@H](CSc3ccccn3)[C@@H](C)[C@@H](c3ccc(CO)cc3)O2)cc1. The van der Waals surface area contributed by atoms with Gasteiger partial charge in [0.2, 0.25) is 0 Å². The number of esters is 1. The van der Waals surface area contributed by atoms with Gasteiger partial charge in [0.15, 0.2) is 6.29 Å². The molecule has 234 valence electrons. The van der Waals surface area contributed by atoms with Crippen LogP contribution in [0, 0.1) is 5.92 Å². The largest absolute Gasteiger partial charge is 0.467 e. The summed E-state index contributed by atoms with van der Waals surface area (Å²) in [5, 5.41) is 15.9. The Bertz CT molecular complexity index is 1520. The molecule has 2 amide bonds. The number of carbonyl (C=O) groups excluding carboxylic acids is 2. The summed E-state index contributed by atoms with van der Waals surface area (Å²) in [7, 11) is 1.30. The quantitative estimate of drug-likeness (QED) is 0.136. The number of anilines is 1. The van der Waals surface area contributed by atoms with Crippen LogP contribution in [0.15, 0.2) is 108 Å². The van der Waals surface area contributed by atoms with E-state index in [1.807, 2.05) is 84.9 Å². The fourth-order valence-electron chi connectivity index (χ4n) is 5.14. The van der Waals surface area contributed by atoms with Crippen LogP contribution in [-0.2, 0) is 32.0 Å².